The van der Waals surface area contributed by atoms with Gasteiger partial charge in [0.15, 0.2) is 0 Å². The predicted octanol–water partition coefficient (Wildman–Crippen LogP) is 0.208. The fourth-order valence-electron chi connectivity index (χ4n) is 3.24. The van der Waals surface area contributed by atoms with Gasteiger partial charge in [0.1, 0.15) is 6.04 Å². The van der Waals surface area contributed by atoms with E-state index in [1.54, 1.807) is 0 Å². The van der Waals surface area contributed by atoms with Crippen LogP contribution in [-0.2, 0) is 9.59 Å². The molecule has 106 valence electrons. The second kappa shape index (κ2) is 5.12. The fourth-order valence-corrected chi connectivity index (χ4v) is 3.24. The molecule has 1 aliphatic carbocycles. The van der Waals surface area contributed by atoms with Crippen molar-refractivity contribution in [1.82, 2.24) is 15.1 Å². The van der Waals surface area contributed by atoms with Crippen LogP contribution in [0.4, 0.5) is 0 Å². The van der Waals surface area contributed by atoms with Crippen molar-refractivity contribution in [2.75, 3.05) is 26.2 Å². The first-order chi connectivity index (χ1) is 9.13. The normalized spacial score (nSPS) is 33.1. The Labute approximate surface area is 114 Å². The monoisotopic (exact) mass is 265 g/mol. The molecular weight excluding hydrogens is 242 g/mol. The van der Waals surface area contributed by atoms with Crippen LogP contribution in [0, 0.1) is 5.92 Å². The van der Waals surface area contributed by atoms with Crippen molar-refractivity contribution in [2.45, 2.75) is 44.7 Å². The van der Waals surface area contributed by atoms with Crippen LogP contribution >= 0.6 is 0 Å². The van der Waals surface area contributed by atoms with E-state index < -0.39 is 0 Å². The highest BCUT2D eigenvalue weighted by atomic mass is 16.2. The molecule has 19 heavy (non-hydrogen) atoms. The minimum Gasteiger partial charge on any atom is -0.344 e. The molecule has 3 aliphatic rings. The Balaban J connectivity index is 1.53. The molecule has 0 aromatic rings. The van der Waals surface area contributed by atoms with Crippen LogP contribution in [-0.4, -0.2) is 59.9 Å². The summed E-state index contributed by atoms with van der Waals surface area (Å²) in [4.78, 5) is 28.4. The Morgan fingerprint density at radius 3 is 2.47 bits per heavy atom. The van der Waals surface area contributed by atoms with Gasteiger partial charge in [0, 0.05) is 38.6 Å². The molecule has 2 amide bonds. The second-order valence-electron chi connectivity index (χ2n) is 6.26. The molecule has 0 aromatic heterocycles. The summed E-state index contributed by atoms with van der Waals surface area (Å²) in [6, 6.07) is 0.496. The number of amides is 2. The molecule has 0 aromatic carbocycles. The van der Waals surface area contributed by atoms with Crippen LogP contribution in [0.25, 0.3) is 0 Å². The first kappa shape index (κ1) is 12.9. The number of nitrogens with one attached hydrogen (secondary N) is 1. The van der Waals surface area contributed by atoms with E-state index in [2.05, 4.69) is 10.2 Å². The van der Waals surface area contributed by atoms with Crippen LogP contribution < -0.4 is 5.32 Å². The number of nitrogens with zero attached hydrogens (tertiary/aromatic N) is 2. The standard InChI is InChI=1S/C14H23N3O2/c1-10-8-12(15-13(18)9-10)14(19)17-6-4-16(5-7-17)11-2-3-11/h10-12H,2-9H2,1H3,(H,15,18)/t10-,12-/m0/s1. The van der Waals surface area contributed by atoms with Crippen molar-refractivity contribution in [3.05, 3.63) is 0 Å². The van der Waals surface area contributed by atoms with Crippen LogP contribution in [0.5, 0.6) is 0 Å². The zero-order valence-corrected chi connectivity index (χ0v) is 11.6. The molecule has 0 bridgehead atoms. The van der Waals surface area contributed by atoms with E-state index in [1.165, 1.54) is 12.8 Å². The first-order valence-electron chi connectivity index (χ1n) is 7.45. The van der Waals surface area contributed by atoms with E-state index in [0.717, 1.165) is 38.6 Å². The summed E-state index contributed by atoms with van der Waals surface area (Å²) in [5.74, 6) is 0.458. The zero-order chi connectivity index (χ0) is 13.4. The second-order valence-corrected chi connectivity index (χ2v) is 6.26. The molecule has 3 rings (SSSR count). The third-order valence-corrected chi connectivity index (χ3v) is 4.49. The quantitative estimate of drug-likeness (QED) is 0.776. The Hall–Kier alpha value is -1.10. The van der Waals surface area contributed by atoms with Gasteiger partial charge in [-0.15, -0.1) is 0 Å². The third kappa shape index (κ3) is 2.91. The fraction of sp³-hybridized carbons (Fsp3) is 0.857. The van der Waals surface area contributed by atoms with E-state index in [4.69, 9.17) is 0 Å². The highest BCUT2D eigenvalue weighted by Gasteiger charge is 2.35. The topological polar surface area (TPSA) is 52.7 Å². The maximum atomic E-state index is 12.4. The Bertz CT molecular complexity index is 373. The maximum Gasteiger partial charge on any atom is 0.245 e. The van der Waals surface area contributed by atoms with Gasteiger partial charge in [-0.25, -0.2) is 0 Å². The average Bonchev–Trinajstić information content (AvgIpc) is 3.21. The summed E-state index contributed by atoms with van der Waals surface area (Å²) in [6.07, 6.45) is 3.99. The van der Waals surface area contributed by atoms with Gasteiger partial charge >= 0.3 is 0 Å². The molecule has 2 aliphatic heterocycles. The Morgan fingerprint density at radius 1 is 1.21 bits per heavy atom. The Morgan fingerprint density at radius 2 is 1.89 bits per heavy atom. The molecule has 5 nitrogen and oxygen atoms in total. The van der Waals surface area contributed by atoms with Crippen molar-refractivity contribution >= 4 is 11.8 Å². The van der Waals surface area contributed by atoms with Crippen molar-refractivity contribution in [2.24, 2.45) is 5.92 Å². The highest BCUT2D eigenvalue weighted by molar-refractivity contribution is 5.89. The smallest absolute Gasteiger partial charge is 0.245 e. The number of hydrogen-bond donors (Lipinski definition) is 1. The summed E-state index contributed by atoms with van der Waals surface area (Å²) < 4.78 is 0. The van der Waals surface area contributed by atoms with E-state index in [-0.39, 0.29) is 17.9 Å². The summed E-state index contributed by atoms with van der Waals surface area (Å²) in [5, 5.41) is 2.85. The van der Waals surface area contributed by atoms with E-state index >= 15 is 0 Å². The van der Waals surface area contributed by atoms with Gasteiger partial charge in [0.05, 0.1) is 0 Å². The van der Waals surface area contributed by atoms with Gasteiger partial charge in [-0.05, 0) is 25.2 Å². The average molecular weight is 265 g/mol. The summed E-state index contributed by atoms with van der Waals surface area (Å²) >= 11 is 0. The first-order valence-corrected chi connectivity index (χ1v) is 7.45. The summed E-state index contributed by atoms with van der Waals surface area (Å²) in [6.45, 7) is 5.66. The van der Waals surface area contributed by atoms with Gasteiger partial charge in [0.2, 0.25) is 11.8 Å². The van der Waals surface area contributed by atoms with E-state index in [1.807, 2.05) is 11.8 Å². The molecule has 0 spiro atoms. The van der Waals surface area contributed by atoms with Gasteiger partial charge in [0.25, 0.3) is 0 Å². The lowest BCUT2D eigenvalue weighted by Gasteiger charge is -2.38. The number of piperazine rings is 1. The maximum absolute atomic E-state index is 12.4. The third-order valence-electron chi connectivity index (χ3n) is 4.49. The number of carbonyl (C=O) groups excluding carboxylic acids is 2. The number of rotatable bonds is 2. The van der Waals surface area contributed by atoms with Crippen LogP contribution in [0.15, 0.2) is 0 Å². The predicted molar refractivity (Wildman–Crippen MR) is 71.5 cm³/mol. The van der Waals surface area contributed by atoms with E-state index in [9.17, 15) is 9.59 Å². The molecule has 1 N–H and O–H groups in total. The number of carbonyl (C=O) groups is 2. The molecule has 2 atom stereocenters. The minimum atomic E-state index is -0.288. The van der Waals surface area contributed by atoms with Gasteiger partial charge in [-0.2, -0.15) is 0 Å². The van der Waals surface area contributed by atoms with Crippen molar-refractivity contribution < 1.29 is 9.59 Å². The molecule has 1 saturated carbocycles. The van der Waals surface area contributed by atoms with Crippen molar-refractivity contribution in [3.8, 4) is 0 Å². The van der Waals surface area contributed by atoms with Gasteiger partial charge in [-0.1, -0.05) is 6.92 Å². The number of hydrogen-bond acceptors (Lipinski definition) is 3. The molecular formula is C14H23N3O2. The lowest BCUT2D eigenvalue weighted by atomic mass is 9.93. The van der Waals surface area contributed by atoms with Crippen molar-refractivity contribution in [1.29, 1.82) is 0 Å². The molecule has 2 heterocycles. The summed E-state index contributed by atoms with van der Waals surface area (Å²) in [7, 11) is 0. The highest BCUT2D eigenvalue weighted by Crippen LogP contribution is 2.27. The number of piperidine rings is 1. The molecule has 3 fully saturated rings. The van der Waals surface area contributed by atoms with Crippen LogP contribution in [0.1, 0.15) is 32.6 Å². The molecule has 5 heteroatoms. The van der Waals surface area contributed by atoms with Crippen molar-refractivity contribution in [3.63, 3.8) is 0 Å². The molecule has 2 saturated heterocycles. The minimum absolute atomic E-state index is 0.0220. The van der Waals surface area contributed by atoms with E-state index in [0.29, 0.717) is 12.3 Å². The van der Waals surface area contributed by atoms with Gasteiger partial charge < -0.3 is 10.2 Å². The molecule has 0 unspecified atom stereocenters. The lowest BCUT2D eigenvalue weighted by Crippen LogP contribution is -2.57. The van der Waals surface area contributed by atoms with Crippen LogP contribution in [0.3, 0.4) is 0 Å². The Kier molecular flexibility index (Phi) is 3.48. The summed E-state index contributed by atoms with van der Waals surface area (Å²) in [5.41, 5.74) is 0. The zero-order valence-electron chi connectivity index (χ0n) is 11.6. The lowest BCUT2D eigenvalue weighted by molar-refractivity contribution is -0.140. The molecule has 0 radical (unpaired) electrons. The van der Waals surface area contributed by atoms with Crippen LogP contribution in [0.2, 0.25) is 0 Å². The largest absolute Gasteiger partial charge is 0.344 e. The SMILES string of the molecule is C[C@@H]1CC(=O)N[C@H](C(=O)N2CCN(C3CC3)CC2)C1. The van der Waals surface area contributed by atoms with Gasteiger partial charge in [-0.3, -0.25) is 14.5 Å².